The summed E-state index contributed by atoms with van der Waals surface area (Å²) in [5.74, 6) is -1.15. The number of methoxy groups -OCH3 is 1. The maximum Gasteiger partial charge on any atom is 0.350 e. The molecule has 26 heavy (non-hydrogen) atoms. The van der Waals surface area contributed by atoms with Gasteiger partial charge in [0.2, 0.25) is 5.91 Å². The number of halogens is 1. The molecule has 0 aliphatic heterocycles. The van der Waals surface area contributed by atoms with Gasteiger partial charge in [-0.25, -0.2) is 9.18 Å². The number of esters is 1. The molecule has 0 fully saturated rings. The topological polar surface area (TPSA) is 55.4 Å². The minimum atomic E-state index is -0.505. The molecule has 0 aliphatic carbocycles. The Morgan fingerprint density at radius 3 is 2.42 bits per heavy atom. The Morgan fingerprint density at radius 2 is 1.77 bits per heavy atom. The second-order valence-corrected chi connectivity index (χ2v) is 6.61. The minimum absolute atomic E-state index is 0.0808. The van der Waals surface area contributed by atoms with Crippen molar-refractivity contribution in [2.45, 2.75) is 6.42 Å². The van der Waals surface area contributed by atoms with Crippen molar-refractivity contribution in [1.82, 2.24) is 0 Å². The van der Waals surface area contributed by atoms with Gasteiger partial charge in [-0.2, -0.15) is 0 Å². The third kappa shape index (κ3) is 4.15. The first-order valence-electron chi connectivity index (χ1n) is 7.88. The van der Waals surface area contributed by atoms with Crippen LogP contribution in [0.25, 0.3) is 10.4 Å². The minimum Gasteiger partial charge on any atom is -0.465 e. The summed E-state index contributed by atoms with van der Waals surface area (Å²) >= 11 is 1.26. The summed E-state index contributed by atoms with van der Waals surface area (Å²) in [7, 11) is 1.30. The van der Waals surface area contributed by atoms with Crippen molar-refractivity contribution >= 4 is 28.9 Å². The van der Waals surface area contributed by atoms with Crippen LogP contribution < -0.4 is 5.32 Å². The fraction of sp³-hybridized carbons (Fsp3) is 0.100. The van der Waals surface area contributed by atoms with Crippen molar-refractivity contribution in [2.24, 2.45) is 0 Å². The van der Waals surface area contributed by atoms with E-state index >= 15 is 0 Å². The lowest BCUT2D eigenvalue weighted by Crippen LogP contribution is -2.16. The zero-order chi connectivity index (χ0) is 18.5. The van der Waals surface area contributed by atoms with Crippen LogP contribution in [0.3, 0.4) is 0 Å². The number of benzene rings is 2. The third-order valence-electron chi connectivity index (χ3n) is 3.71. The van der Waals surface area contributed by atoms with E-state index in [1.54, 1.807) is 18.2 Å². The summed E-state index contributed by atoms with van der Waals surface area (Å²) in [6.07, 6.45) is 0.0808. The van der Waals surface area contributed by atoms with Gasteiger partial charge in [-0.3, -0.25) is 4.79 Å². The highest BCUT2D eigenvalue weighted by molar-refractivity contribution is 7.18. The zero-order valence-corrected chi connectivity index (χ0v) is 14.8. The van der Waals surface area contributed by atoms with Crippen LogP contribution in [0.5, 0.6) is 0 Å². The molecule has 6 heteroatoms. The van der Waals surface area contributed by atoms with Crippen LogP contribution in [0.1, 0.15) is 15.2 Å². The number of nitrogens with one attached hydrogen (secondary N) is 1. The average Bonchev–Trinajstić information content (AvgIpc) is 3.07. The SMILES string of the molecule is COC(=O)c1sc(-c2ccccc2)cc1NC(=O)Cc1ccc(F)cc1. The van der Waals surface area contributed by atoms with Gasteiger partial charge in [0.05, 0.1) is 19.2 Å². The van der Waals surface area contributed by atoms with E-state index in [4.69, 9.17) is 4.74 Å². The number of hydrogen-bond donors (Lipinski definition) is 1. The summed E-state index contributed by atoms with van der Waals surface area (Å²) < 4.78 is 17.8. The van der Waals surface area contributed by atoms with Gasteiger partial charge in [0.15, 0.2) is 0 Å². The van der Waals surface area contributed by atoms with E-state index in [2.05, 4.69) is 5.32 Å². The van der Waals surface area contributed by atoms with E-state index in [0.29, 0.717) is 16.1 Å². The second-order valence-electron chi connectivity index (χ2n) is 5.56. The largest absolute Gasteiger partial charge is 0.465 e. The molecule has 0 radical (unpaired) electrons. The standard InChI is InChI=1S/C20H16FNO3S/c1-25-20(24)19-16(12-17(26-19)14-5-3-2-4-6-14)22-18(23)11-13-7-9-15(21)10-8-13/h2-10,12H,11H2,1H3,(H,22,23). The third-order valence-corrected chi connectivity index (χ3v) is 4.88. The molecule has 132 valence electrons. The van der Waals surface area contributed by atoms with Crippen LogP contribution in [0, 0.1) is 5.82 Å². The molecule has 0 saturated carbocycles. The molecule has 0 bridgehead atoms. The Kier molecular flexibility index (Phi) is 5.43. The summed E-state index contributed by atoms with van der Waals surface area (Å²) in [5, 5.41) is 2.76. The Bertz CT molecular complexity index is 920. The predicted octanol–water partition coefficient (Wildman–Crippen LogP) is 4.52. The van der Waals surface area contributed by atoms with Gasteiger partial charge in [-0.05, 0) is 29.3 Å². The molecule has 0 spiro atoms. The number of carbonyl (C=O) groups excluding carboxylic acids is 2. The molecule has 4 nitrogen and oxygen atoms in total. The Morgan fingerprint density at radius 1 is 1.08 bits per heavy atom. The number of thiophene rings is 1. The highest BCUT2D eigenvalue weighted by Gasteiger charge is 2.19. The molecule has 3 rings (SSSR count). The lowest BCUT2D eigenvalue weighted by Gasteiger charge is -2.05. The number of rotatable bonds is 5. The van der Waals surface area contributed by atoms with Crippen LogP contribution in [0.2, 0.25) is 0 Å². The molecule has 2 aromatic carbocycles. The number of carbonyl (C=O) groups is 2. The van der Waals surface area contributed by atoms with Crippen LogP contribution in [-0.2, 0) is 16.0 Å². The number of anilines is 1. The molecule has 0 unspecified atom stereocenters. The normalized spacial score (nSPS) is 10.4. The van der Waals surface area contributed by atoms with Crippen LogP contribution in [0.15, 0.2) is 60.7 Å². The van der Waals surface area contributed by atoms with Gasteiger partial charge < -0.3 is 10.1 Å². The van der Waals surface area contributed by atoms with E-state index in [0.717, 1.165) is 10.4 Å². The van der Waals surface area contributed by atoms with Crippen molar-refractivity contribution in [3.63, 3.8) is 0 Å². The first kappa shape index (κ1) is 17.8. The fourth-order valence-corrected chi connectivity index (χ4v) is 3.49. The van der Waals surface area contributed by atoms with Gasteiger partial charge in [-0.15, -0.1) is 11.3 Å². The lowest BCUT2D eigenvalue weighted by molar-refractivity contribution is -0.115. The first-order chi connectivity index (χ1) is 12.6. The smallest absolute Gasteiger partial charge is 0.350 e. The zero-order valence-electron chi connectivity index (χ0n) is 14.0. The molecular formula is C20H16FNO3S. The number of amides is 1. The van der Waals surface area contributed by atoms with Gasteiger partial charge in [-0.1, -0.05) is 42.5 Å². The molecular weight excluding hydrogens is 353 g/mol. The van der Waals surface area contributed by atoms with Gasteiger partial charge in [0, 0.05) is 4.88 Å². The van der Waals surface area contributed by atoms with Crippen LogP contribution in [0.4, 0.5) is 10.1 Å². The maximum absolute atomic E-state index is 13.0. The molecule has 1 N–H and O–H groups in total. The lowest BCUT2D eigenvalue weighted by atomic mass is 10.1. The second kappa shape index (κ2) is 7.93. The maximum atomic E-state index is 13.0. The molecule has 0 atom stereocenters. The van der Waals surface area contributed by atoms with E-state index in [-0.39, 0.29) is 18.1 Å². The summed E-state index contributed by atoms with van der Waals surface area (Å²) in [4.78, 5) is 25.6. The van der Waals surface area contributed by atoms with E-state index < -0.39 is 5.97 Å². The summed E-state index contributed by atoms with van der Waals surface area (Å²) in [6.45, 7) is 0. The van der Waals surface area contributed by atoms with Crippen molar-refractivity contribution in [3.05, 3.63) is 76.9 Å². The van der Waals surface area contributed by atoms with E-state index in [9.17, 15) is 14.0 Å². The predicted molar refractivity (Wildman–Crippen MR) is 99.8 cm³/mol. The molecule has 1 heterocycles. The van der Waals surface area contributed by atoms with Gasteiger partial charge in [0.1, 0.15) is 10.7 Å². The van der Waals surface area contributed by atoms with Crippen molar-refractivity contribution in [3.8, 4) is 10.4 Å². The molecule has 0 aliphatic rings. The molecule has 3 aromatic rings. The van der Waals surface area contributed by atoms with E-state index in [1.807, 2.05) is 30.3 Å². The van der Waals surface area contributed by atoms with Crippen molar-refractivity contribution in [1.29, 1.82) is 0 Å². The fourth-order valence-electron chi connectivity index (χ4n) is 2.45. The average molecular weight is 369 g/mol. The monoisotopic (exact) mass is 369 g/mol. The number of hydrogen-bond acceptors (Lipinski definition) is 4. The van der Waals surface area contributed by atoms with Crippen molar-refractivity contribution < 1.29 is 18.7 Å². The highest BCUT2D eigenvalue weighted by Crippen LogP contribution is 2.35. The van der Waals surface area contributed by atoms with Crippen LogP contribution >= 0.6 is 11.3 Å². The highest BCUT2D eigenvalue weighted by atomic mass is 32.1. The summed E-state index contributed by atoms with van der Waals surface area (Å²) in [5.41, 5.74) is 2.04. The number of ether oxygens (including phenoxy) is 1. The van der Waals surface area contributed by atoms with Gasteiger partial charge >= 0.3 is 5.97 Å². The Balaban J connectivity index is 1.83. The summed E-state index contributed by atoms with van der Waals surface area (Å²) in [6, 6.07) is 17.0. The molecule has 1 amide bonds. The van der Waals surface area contributed by atoms with Crippen LogP contribution in [-0.4, -0.2) is 19.0 Å². The quantitative estimate of drug-likeness (QED) is 0.673. The van der Waals surface area contributed by atoms with Gasteiger partial charge in [0.25, 0.3) is 0 Å². The molecule has 0 saturated heterocycles. The molecule has 1 aromatic heterocycles. The first-order valence-corrected chi connectivity index (χ1v) is 8.70. The Hall–Kier alpha value is -2.99. The Labute approximate surface area is 154 Å². The van der Waals surface area contributed by atoms with Crippen molar-refractivity contribution in [2.75, 3.05) is 12.4 Å². The van der Waals surface area contributed by atoms with E-state index in [1.165, 1.54) is 30.6 Å².